The lowest BCUT2D eigenvalue weighted by Crippen LogP contribution is -2.49. The second-order valence-corrected chi connectivity index (χ2v) is 9.31. The summed E-state index contributed by atoms with van der Waals surface area (Å²) in [4.78, 5) is 37.9. The molecule has 0 spiro atoms. The lowest BCUT2D eigenvalue weighted by atomic mass is 9.85. The van der Waals surface area contributed by atoms with Gasteiger partial charge in [-0.15, -0.1) is 0 Å². The Balaban J connectivity index is 2.28. The summed E-state index contributed by atoms with van der Waals surface area (Å²) in [6, 6.07) is 8.90. The van der Waals surface area contributed by atoms with E-state index < -0.39 is 46.2 Å². The number of sulfonamides is 1. The van der Waals surface area contributed by atoms with Gasteiger partial charge < -0.3 is 9.47 Å². The van der Waals surface area contributed by atoms with E-state index in [1.165, 1.54) is 30.3 Å². The van der Waals surface area contributed by atoms with E-state index in [0.717, 1.165) is 24.1 Å². The number of carbonyl (C=O) groups is 3. The Hall–Kier alpha value is -2.75. The lowest BCUT2D eigenvalue weighted by Gasteiger charge is -2.38. The zero-order chi connectivity index (χ0) is 22.9. The highest BCUT2D eigenvalue weighted by atomic mass is 35.5. The molecule has 0 fully saturated rings. The number of ketones is 1. The smallest absolute Gasteiger partial charge is 0.322 e. The van der Waals surface area contributed by atoms with Gasteiger partial charge in [-0.1, -0.05) is 29.3 Å². The number of rotatable bonds is 5. The van der Waals surface area contributed by atoms with Gasteiger partial charge in [0.1, 0.15) is 0 Å². The van der Waals surface area contributed by atoms with Crippen LogP contribution < -0.4 is 0 Å². The molecule has 10 heteroatoms. The molecule has 8 nitrogen and oxygen atoms in total. The van der Waals surface area contributed by atoms with Crippen LogP contribution in [0.5, 0.6) is 0 Å². The minimum atomic E-state index is -4.29. The minimum absolute atomic E-state index is 0.0881. The van der Waals surface area contributed by atoms with Crippen molar-refractivity contribution >= 4 is 39.3 Å². The third kappa shape index (κ3) is 4.21. The summed E-state index contributed by atoms with van der Waals surface area (Å²) in [7, 11) is -2.14. The topological polar surface area (TPSA) is 107 Å². The molecule has 1 aliphatic rings. The van der Waals surface area contributed by atoms with E-state index in [1.54, 1.807) is 19.1 Å². The van der Waals surface area contributed by atoms with E-state index in [1.807, 2.05) is 0 Å². The van der Waals surface area contributed by atoms with Gasteiger partial charge >= 0.3 is 11.9 Å². The summed E-state index contributed by atoms with van der Waals surface area (Å²) in [6.07, 6.45) is 0. The number of aryl methyl sites for hydroxylation is 1. The Morgan fingerprint density at radius 2 is 1.65 bits per heavy atom. The maximum atomic E-state index is 13.5. The van der Waals surface area contributed by atoms with Crippen LogP contribution in [0.4, 0.5) is 0 Å². The number of halogens is 1. The monoisotopic (exact) mass is 465 g/mol. The molecular weight excluding hydrogens is 446 g/mol. The first-order valence-electron chi connectivity index (χ1n) is 9.18. The molecule has 31 heavy (non-hydrogen) atoms. The predicted molar refractivity (Wildman–Crippen MR) is 111 cm³/mol. The molecule has 2 aromatic carbocycles. The van der Waals surface area contributed by atoms with Gasteiger partial charge in [-0.3, -0.25) is 14.4 Å². The quantitative estimate of drug-likeness (QED) is 0.493. The Kier molecular flexibility index (Phi) is 6.49. The van der Waals surface area contributed by atoms with Crippen LogP contribution in [0.1, 0.15) is 27.5 Å². The standard InChI is InChI=1S/C21H20ClNO7S/c1-12-4-7-14(8-5-12)31(27,28)23-11-17(24)15-9-6-13(22)10-16(15)19(23)18(20(25)29-2)21(26)30-3/h4-10,18-19H,11H2,1-3H3. The Bertz CT molecular complexity index is 1130. The van der Waals surface area contributed by atoms with Gasteiger partial charge in [0.05, 0.1) is 31.7 Å². The normalized spacial score (nSPS) is 16.7. The summed E-state index contributed by atoms with van der Waals surface area (Å²) >= 11 is 6.11. The first-order valence-corrected chi connectivity index (χ1v) is 11.0. The van der Waals surface area contributed by atoms with Crippen LogP contribution in [0, 0.1) is 12.8 Å². The fraction of sp³-hybridized carbons (Fsp3) is 0.286. The van der Waals surface area contributed by atoms with E-state index in [4.69, 9.17) is 21.1 Å². The third-order valence-electron chi connectivity index (χ3n) is 5.10. The highest BCUT2D eigenvalue weighted by molar-refractivity contribution is 7.89. The van der Waals surface area contributed by atoms with Crippen LogP contribution in [0.15, 0.2) is 47.4 Å². The van der Waals surface area contributed by atoms with Crippen molar-refractivity contribution in [3.05, 3.63) is 64.2 Å². The molecule has 0 aliphatic carbocycles. The Morgan fingerprint density at radius 3 is 2.19 bits per heavy atom. The molecule has 1 atom stereocenters. The molecule has 0 saturated carbocycles. The number of ether oxygens (including phenoxy) is 2. The number of carbonyl (C=O) groups excluding carboxylic acids is 3. The number of fused-ring (bicyclic) bond motifs is 1. The lowest BCUT2D eigenvalue weighted by molar-refractivity contribution is -0.161. The van der Waals surface area contributed by atoms with Crippen LogP contribution in [0.2, 0.25) is 5.02 Å². The highest BCUT2D eigenvalue weighted by Gasteiger charge is 2.49. The van der Waals surface area contributed by atoms with E-state index in [-0.39, 0.29) is 21.0 Å². The van der Waals surface area contributed by atoms with Gasteiger partial charge in [-0.05, 0) is 42.8 Å². The summed E-state index contributed by atoms with van der Waals surface area (Å²) in [5.41, 5.74) is 1.13. The van der Waals surface area contributed by atoms with Crippen LogP contribution in [0.25, 0.3) is 0 Å². The number of hydrogen-bond donors (Lipinski definition) is 0. The average Bonchev–Trinajstić information content (AvgIpc) is 2.74. The molecule has 0 radical (unpaired) electrons. The fourth-order valence-corrected chi connectivity index (χ4v) is 5.30. The van der Waals surface area contributed by atoms with E-state index in [2.05, 4.69) is 0 Å². The molecule has 0 saturated heterocycles. The summed E-state index contributed by atoms with van der Waals surface area (Å²) in [5.74, 6) is -4.16. The average molecular weight is 466 g/mol. The van der Waals surface area contributed by atoms with Crippen molar-refractivity contribution < 1.29 is 32.3 Å². The summed E-state index contributed by atoms with van der Waals surface area (Å²) < 4.78 is 37.4. The predicted octanol–water partition coefficient (Wildman–Crippen LogP) is 2.54. The first-order chi connectivity index (χ1) is 14.6. The zero-order valence-corrected chi connectivity index (χ0v) is 18.6. The van der Waals surface area contributed by atoms with Crippen molar-refractivity contribution in [3.63, 3.8) is 0 Å². The minimum Gasteiger partial charge on any atom is -0.468 e. The zero-order valence-electron chi connectivity index (χ0n) is 17.0. The summed E-state index contributed by atoms with van der Waals surface area (Å²) in [5, 5.41) is 0.208. The maximum Gasteiger partial charge on any atom is 0.322 e. The fourth-order valence-electron chi connectivity index (χ4n) is 3.55. The van der Waals surface area contributed by atoms with Gasteiger partial charge in [0.2, 0.25) is 10.0 Å². The van der Waals surface area contributed by atoms with Crippen LogP contribution in [-0.2, 0) is 29.1 Å². The van der Waals surface area contributed by atoms with Crippen molar-refractivity contribution in [2.75, 3.05) is 20.8 Å². The third-order valence-corrected chi connectivity index (χ3v) is 7.17. The maximum absolute atomic E-state index is 13.5. The van der Waals surface area contributed by atoms with Crippen molar-refractivity contribution in [1.82, 2.24) is 4.31 Å². The van der Waals surface area contributed by atoms with E-state index in [0.29, 0.717) is 0 Å². The van der Waals surface area contributed by atoms with Gasteiger partial charge in [0.15, 0.2) is 11.7 Å². The number of Topliss-reactive ketones (excluding diaryl/α,β-unsaturated/α-hetero) is 1. The van der Waals surface area contributed by atoms with E-state index >= 15 is 0 Å². The first kappa shape index (κ1) is 22.9. The number of esters is 2. The summed E-state index contributed by atoms with van der Waals surface area (Å²) in [6.45, 7) is 1.23. The molecule has 0 N–H and O–H groups in total. The van der Waals surface area contributed by atoms with Crippen molar-refractivity contribution in [2.45, 2.75) is 17.9 Å². The van der Waals surface area contributed by atoms with Crippen molar-refractivity contribution in [3.8, 4) is 0 Å². The second-order valence-electron chi connectivity index (χ2n) is 6.99. The van der Waals surface area contributed by atoms with Gasteiger partial charge in [0.25, 0.3) is 0 Å². The second kappa shape index (κ2) is 8.78. The largest absolute Gasteiger partial charge is 0.468 e. The molecule has 164 valence electrons. The molecule has 0 bridgehead atoms. The van der Waals surface area contributed by atoms with Crippen LogP contribution >= 0.6 is 11.6 Å². The van der Waals surface area contributed by atoms with Crippen molar-refractivity contribution in [2.24, 2.45) is 5.92 Å². The van der Waals surface area contributed by atoms with Gasteiger partial charge in [-0.2, -0.15) is 4.31 Å². The molecule has 0 amide bonds. The Morgan fingerprint density at radius 1 is 1.06 bits per heavy atom. The van der Waals surface area contributed by atoms with E-state index in [9.17, 15) is 22.8 Å². The number of hydrogen-bond acceptors (Lipinski definition) is 7. The molecule has 1 heterocycles. The number of benzene rings is 2. The highest BCUT2D eigenvalue weighted by Crippen LogP contribution is 2.41. The Labute approximate surface area is 184 Å². The van der Waals surface area contributed by atoms with Crippen LogP contribution in [0.3, 0.4) is 0 Å². The molecule has 2 aromatic rings. The van der Waals surface area contributed by atoms with Gasteiger partial charge in [0, 0.05) is 10.6 Å². The molecule has 1 unspecified atom stereocenters. The number of methoxy groups -OCH3 is 2. The molecule has 0 aromatic heterocycles. The molecular formula is C21H20ClNO7S. The van der Waals surface area contributed by atoms with Crippen molar-refractivity contribution in [1.29, 1.82) is 0 Å². The SMILES string of the molecule is COC(=O)C(C(=O)OC)C1c2cc(Cl)ccc2C(=O)CN1S(=O)(=O)c1ccc(C)cc1. The van der Waals surface area contributed by atoms with Crippen LogP contribution in [-0.4, -0.2) is 51.2 Å². The molecule has 1 aliphatic heterocycles. The number of nitrogens with zero attached hydrogens (tertiary/aromatic N) is 1. The van der Waals surface area contributed by atoms with Gasteiger partial charge in [-0.25, -0.2) is 8.42 Å². The molecule has 3 rings (SSSR count).